The van der Waals surface area contributed by atoms with Crippen molar-refractivity contribution in [3.63, 3.8) is 0 Å². The van der Waals surface area contributed by atoms with E-state index in [2.05, 4.69) is 22.8 Å². The summed E-state index contributed by atoms with van der Waals surface area (Å²) in [5, 5.41) is 15.8. The number of carboxylic acid groups (broad SMARTS) is 1. The number of rotatable bonds is 11. The minimum absolute atomic E-state index is 0.113. The number of benzene rings is 1. The zero-order valence-corrected chi connectivity index (χ0v) is 23.7. The normalized spacial score (nSPS) is 18.5. The summed E-state index contributed by atoms with van der Waals surface area (Å²) < 4.78 is 7.42. The fraction of sp³-hybridized carbons (Fsp3) is 0.438. The van der Waals surface area contributed by atoms with E-state index in [4.69, 9.17) is 9.72 Å². The highest BCUT2D eigenvalue weighted by Gasteiger charge is 2.30. The van der Waals surface area contributed by atoms with Gasteiger partial charge in [-0.05, 0) is 87.6 Å². The van der Waals surface area contributed by atoms with E-state index >= 15 is 0 Å². The lowest BCUT2D eigenvalue weighted by Gasteiger charge is -2.35. The fourth-order valence-electron chi connectivity index (χ4n) is 5.87. The van der Waals surface area contributed by atoms with Gasteiger partial charge in [-0.25, -0.2) is 9.78 Å². The van der Waals surface area contributed by atoms with E-state index in [1.165, 1.54) is 16.2 Å². The number of ether oxygens (including phenoxy) is 1. The predicted molar refractivity (Wildman–Crippen MR) is 157 cm³/mol. The van der Waals surface area contributed by atoms with Crippen LogP contribution in [0.3, 0.4) is 0 Å². The maximum atomic E-state index is 13.2. The molecule has 1 fully saturated rings. The van der Waals surface area contributed by atoms with Gasteiger partial charge >= 0.3 is 5.97 Å². The van der Waals surface area contributed by atoms with Crippen LogP contribution in [0.5, 0.6) is 0 Å². The molecule has 3 heterocycles. The summed E-state index contributed by atoms with van der Waals surface area (Å²) in [6.45, 7) is 4.61. The van der Waals surface area contributed by atoms with Gasteiger partial charge in [-0.3, -0.25) is 14.2 Å². The number of amides is 1. The molecule has 1 aliphatic carbocycles. The van der Waals surface area contributed by atoms with Gasteiger partial charge in [0.05, 0.1) is 11.7 Å². The smallest absolute Gasteiger partial charge is 0.326 e. The van der Waals surface area contributed by atoms with Crippen molar-refractivity contribution in [2.24, 2.45) is 5.92 Å². The Hall–Kier alpha value is -3.98. The summed E-state index contributed by atoms with van der Waals surface area (Å²) in [4.78, 5) is 42.7. The molecule has 216 valence electrons. The maximum absolute atomic E-state index is 13.2. The number of anilines is 1. The molecule has 1 aliphatic heterocycles. The second-order valence-corrected chi connectivity index (χ2v) is 11.2. The molecule has 5 rings (SSSR count). The summed E-state index contributed by atoms with van der Waals surface area (Å²) >= 11 is 0. The summed E-state index contributed by atoms with van der Waals surface area (Å²) in [7, 11) is 0. The number of carbonyl (C=O) groups excluding carboxylic acids is 1. The van der Waals surface area contributed by atoms with Crippen LogP contribution in [0.2, 0.25) is 0 Å². The first-order valence-electron chi connectivity index (χ1n) is 14.5. The van der Waals surface area contributed by atoms with Crippen LogP contribution in [0.1, 0.15) is 65.0 Å². The Morgan fingerprint density at radius 1 is 1.17 bits per heavy atom. The van der Waals surface area contributed by atoms with Crippen molar-refractivity contribution in [3.8, 4) is 5.69 Å². The molecular weight excluding hydrogens is 520 g/mol. The number of pyridine rings is 2. The molecule has 2 aliphatic rings. The standard InChI is InChI=1S/C32H38N4O5/c1-20-17-28(37)36(25-8-4-3-5-9-25)21(2)29(20)31(38)35-27(32(39)40)14-16-41-26-18-22(19-26)10-12-24-13-11-23-7-6-15-33-30(23)34-24/h3-5,8-9,11,13,17,22,26-27H,6-7,10,12,14-16,18-19H2,1-2H3,(H,33,34)(H,35,38)(H,39,40)/t22?,26?,27-/m0/s1. The Labute approximate surface area is 240 Å². The van der Waals surface area contributed by atoms with Gasteiger partial charge in [-0.2, -0.15) is 0 Å². The summed E-state index contributed by atoms with van der Waals surface area (Å²) in [5.41, 5.74) is 4.07. The van der Waals surface area contributed by atoms with Crippen LogP contribution >= 0.6 is 0 Å². The van der Waals surface area contributed by atoms with E-state index in [-0.39, 0.29) is 24.7 Å². The van der Waals surface area contributed by atoms with Crippen molar-refractivity contribution >= 4 is 17.7 Å². The number of aryl methyl sites for hydroxylation is 3. The number of hydrogen-bond donors (Lipinski definition) is 3. The van der Waals surface area contributed by atoms with Gasteiger partial charge < -0.3 is 20.5 Å². The molecule has 1 amide bonds. The molecular formula is C32H38N4O5. The van der Waals surface area contributed by atoms with Gasteiger partial charge in [-0.15, -0.1) is 0 Å². The van der Waals surface area contributed by atoms with E-state index in [1.807, 2.05) is 18.2 Å². The number of hydrogen-bond acceptors (Lipinski definition) is 6. The molecule has 1 saturated carbocycles. The number of para-hydroxylation sites is 1. The molecule has 0 bridgehead atoms. The Morgan fingerprint density at radius 3 is 2.71 bits per heavy atom. The van der Waals surface area contributed by atoms with Gasteiger partial charge in [0.25, 0.3) is 11.5 Å². The van der Waals surface area contributed by atoms with Crippen molar-refractivity contribution in [1.29, 1.82) is 0 Å². The van der Waals surface area contributed by atoms with Crippen LogP contribution in [-0.4, -0.2) is 51.8 Å². The second kappa shape index (κ2) is 12.7. The zero-order valence-electron chi connectivity index (χ0n) is 23.7. The molecule has 1 aromatic carbocycles. The van der Waals surface area contributed by atoms with Crippen molar-refractivity contribution in [1.82, 2.24) is 14.9 Å². The average Bonchev–Trinajstić information content (AvgIpc) is 2.93. The quantitative estimate of drug-likeness (QED) is 0.322. The van der Waals surface area contributed by atoms with E-state index < -0.39 is 17.9 Å². The molecule has 0 spiro atoms. The minimum Gasteiger partial charge on any atom is -0.480 e. The first kappa shape index (κ1) is 28.5. The van der Waals surface area contributed by atoms with Crippen molar-refractivity contribution in [3.05, 3.63) is 87.0 Å². The van der Waals surface area contributed by atoms with Crippen LogP contribution in [0, 0.1) is 19.8 Å². The van der Waals surface area contributed by atoms with E-state index in [1.54, 1.807) is 26.0 Å². The van der Waals surface area contributed by atoms with Crippen molar-refractivity contribution in [2.45, 2.75) is 70.9 Å². The first-order chi connectivity index (χ1) is 19.8. The summed E-state index contributed by atoms with van der Waals surface area (Å²) in [6.07, 6.45) is 6.42. The monoisotopic (exact) mass is 558 g/mol. The topological polar surface area (TPSA) is 123 Å². The molecule has 0 radical (unpaired) electrons. The lowest BCUT2D eigenvalue weighted by atomic mass is 9.79. The highest BCUT2D eigenvalue weighted by atomic mass is 16.5. The number of nitrogens with zero attached hydrogens (tertiary/aromatic N) is 2. The Balaban J connectivity index is 1.10. The molecule has 0 unspecified atom stereocenters. The number of aromatic nitrogens is 2. The van der Waals surface area contributed by atoms with Gasteiger partial charge in [0, 0.05) is 42.7 Å². The Bertz CT molecular complexity index is 1460. The lowest BCUT2D eigenvalue weighted by Crippen LogP contribution is -2.43. The van der Waals surface area contributed by atoms with Crippen LogP contribution < -0.4 is 16.2 Å². The highest BCUT2D eigenvalue weighted by Crippen LogP contribution is 2.34. The average molecular weight is 559 g/mol. The predicted octanol–water partition coefficient (Wildman–Crippen LogP) is 4.21. The van der Waals surface area contributed by atoms with Gasteiger partial charge in [0.2, 0.25) is 0 Å². The van der Waals surface area contributed by atoms with E-state index in [0.29, 0.717) is 28.4 Å². The molecule has 41 heavy (non-hydrogen) atoms. The number of carboxylic acids is 1. The number of fused-ring (bicyclic) bond motifs is 1. The number of aliphatic carboxylic acids is 1. The zero-order chi connectivity index (χ0) is 28.9. The van der Waals surface area contributed by atoms with Crippen LogP contribution in [0.4, 0.5) is 5.82 Å². The lowest BCUT2D eigenvalue weighted by molar-refractivity contribution is -0.140. The van der Waals surface area contributed by atoms with Crippen molar-refractivity contribution in [2.75, 3.05) is 18.5 Å². The first-order valence-corrected chi connectivity index (χ1v) is 14.5. The minimum atomic E-state index is -1.12. The van der Waals surface area contributed by atoms with Crippen LogP contribution in [0.15, 0.2) is 53.3 Å². The third-order valence-electron chi connectivity index (χ3n) is 8.21. The molecule has 9 nitrogen and oxygen atoms in total. The fourth-order valence-corrected chi connectivity index (χ4v) is 5.87. The SMILES string of the molecule is Cc1cc(=O)n(-c2ccccc2)c(C)c1C(=O)N[C@@H](CCOC1CC(CCc2ccc3c(n2)NCCC3)C1)C(=O)O. The number of nitrogens with one attached hydrogen (secondary N) is 2. The van der Waals surface area contributed by atoms with Gasteiger partial charge in [0.15, 0.2) is 0 Å². The van der Waals surface area contributed by atoms with Gasteiger partial charge in [0.1, 0.15) is 11.9 Å². The Morgan fingerprint density at radius 2 is 1.95 bits per heavy atom. The largest absolute Gasteiger partial charge is 0.480 e. The Kier molecular flexibility index (Phi) is 8.83. The third-order valence-corrected chi connectivity index (χ3v) is 8.21. The van der Waals surface area contributed by atoms with E-state index in [0.717, 1.165) is 56.6 Å². The summed E-state index contributed by atoms with van der Waals surface area (Å²) in [6, 6.07) is 13.7. The maximum Gasteiger partial charge on any atom is 0.326 e. The van der Waals surface area contributed by atoms with Crippen molar-refractivity contribution < 1.29 is 19.4 Å². The van der Waals surface area contributed by atoms with Crippen LogP contribution in [-0.2, 0) is 22.4 Å². The molecule has 3 N–H and O–H groups in total. The van der Waals surface area contributed by atoms with E-state index in [9.17, 15) is 19.5 Å². The molecule has 1 atom stereocenters. The number of carbonyl (C=O) groups is 2. The molecule has 0 saturated heterocycles. The molecule has 9 heteroatoms. The highest BCUT2D eigenvalue weighted by molar-refractivity contribution is 5.98. The van der Waals surface area contributed by atoms with Gasteiger partial charge in [-0.1, -0.05) is 24.3 Å². The second-order valence-electron chi connectivity index (χ2n) is 11.2. The third kappa shape index (κ3) is 6.68. The van der Waals surface area contributed by atoms with Crippen LogP contribution in [0.25, 0.3) is 5.69 Å². The molecule has 3 aromatic rings. The summed E-state index contributed by atoms with van der Waals surface area (Å²) in [5.74, 6) is -0.0299. The molecule has 2 aromatic heterocycles.